The summed E-state index contributed by atoms with van der Waals surface area (Å²) in [6.07, 6.45) is 4.33. The highest BCUT2D eigenvalue weighted by Gasteiger charge is 2.29. The summed E-state index contributed by atoms with van der Waals surface area (Å²) in [5, 5.41) is 17.1. The quantitative estimate of drug-likeness (QED) is 0.105. The molecule has 4 aromatic carbocycles. The number of imidazole rings is 1. The number of ether oxygens (including phenoxy) is 1. The number of carbonyl (C=O) groups is 3. The van der Waals surface area contributed by atoms with Crippen molar-refractivity contribution >= 4 is 56.9 Å². The minimum absolute atomic E-state index is 0.148. The number of piperidine rings is 1. The van der Waals surface area contributed by atoms with E-state index in [1.54, 1.807) is 6.33 Å². The number of aromatic amines is 1. The molecule has 0 radical (unpaired) electrons. The molecule has 9 rings (SSSR count). The van der Waals surface area contributed by atoms with E-state index in [9.17, 15) is 23.2 Å². The van der Waals surface area contributed by atoms with Gasteiger partial charge in [0.25, 0.3) is 5.91 Å². The smallest absolute Gasteiger partial charge is 0.258 e. The zero-order chi connectivity index (χ0) is 41.2. The SMILES string of the molecule is O=C1CCC(n2cnc3c(C#CCN4CCN(c5ccc(C(=O)Nc6n[nH]c7ccc(Cc8cc(F)cc(F)c8)cc67)c(NC6CCOCC6)c5)CC4)cccc32)C(=O)N1. The molecular formula is C45H43F2N9O4. The molecule has 3 saturated heterocycles. The number of piperazine rings is 1. The van der Waals surface area contributed by atoms with Crippen LogP contribution in [-0.2, 0) is 20.7 Å². The minimum atomic E-state index is -0.631. The maximum atomic E-state index is 14.0. The molecule has 0 bridgehead atoms. The van der Waals surface area contributed by atoms with E-state index in [2.05, 4.69) is 52.8 Å². The summed E-state index contributed by atoms with van der Waals surface area (Å²) in [6.45, 7) is 5.04. The molecule has 3 fully saturated rings. The topological polar surface area (TPSA) is 150 Å². The second-order valence-corrected chi connectivity index (χ2v) is 15.5. The van der Waals surface area contributed by atoms with Crippen LogP contribution in [-0.4, -0.2) is 94.3 Å². The molecule has 4 N–H and O–H groups in total. The highest BCUT2D eigenvalue weighted by atomic mass is 19.1. The lowest BCUT2D eigenvalue weighted by atomic mass is 10.0. The first-order valence-electron chi connectivity index (χ1n) is 20.2. The van der Waals surface area contributed by atoms with E-state index >= 15 is 0 Å². The predicted octanol–water partition coefficient (Wildman–Crippen LogP) is 5.78. The second kappa shape index (κ2) is 16.9. The van der Waals surface area contributed by atoms with Crippen LogP contribution in [0.3, 0.4) is 0 Å². The summed E-state index contributed by atoms with van der Waals surface area (Å²) >= 11 is 0. The Bertz CT molecular complexity index is 2650. The van der Waals surface area contributed by atoms with E-state index in [1.165, 1.54) is 12.1 Å². The van der Waals surface area contributed by atoms with Crippen molar-refractivity contribution in [2.75, 3.05) is 61.5 Å². The van der Waals surface area contributed by atoms with E-state index in [0.29, 0.717) is 61.4 Å². The number of H-pyrrole nitrogens is 1. The number of benzene rings is 4. The van der Waals surface area contributed by atoms with Crippen molar-refractivity contribution in [3.8, 4) is 11.8 Å². The van der Waals surface area contributed by atoms with Gasteiger partial charge in [0.05, 0.1) is 35.0 Å². The molecule has 3 amide bonds. The highest BCUT2D eigenvalue weighted by Crippen LogP contribution is 2.30. The third-order valence-electron chi connectivity index (χ3n) is 11.4. The largest absolute Gasteiger partial charge is 0.381 e. The van der Waals surface area contributed by atoms with Crippen molar-refractivity contribution in [3.05, 3.63) is 113 Å². The molecule has 6 aromatic rings. The van der Waals surface area contributed by atoms with Crippen molar-refractivity contribution in [1.29, 1.82) is 0 Å². The predicted molar refractivity (Wildman–Crippen MR) is 224 cm³/mol. The van der Waals surface area contributed by atoms with Crippen LogP contribution in [0.25, 0.3) is 21.9 Å². The molecule has 3 aliphatic rings. The summed E-state index contributed by atoms with van der Waals surface area (Å²) in [5.74, 6) is 4.84. The van der Waals surface area contributed by atoms with Crippen LogP contribution in [0.5, 0.6) is 0 Å². The Balaban J connectivity index is 0.871. The lowest BCUT2D eigenvalue weighted by molar-refractivity contribution is -0.135. The van der Waals surface area contributed by atoms with Crippen LogP contribution in [0.15, 0.2) is 79.1 Å². The average Bonchev–Trinajstić information content (AvgIpc) is 3.85. The maximum Gasteiger partial charge on any atom is 0.258 e. The van der Waals surface area contributed by atoms with Gasteiger partial charge in [-0.15, -0.1) is 0 Å². The molecule has 2 aromatic heterocycles. The number of aromatic nitrogens is 4. The molecular weight excluding hydrogens is 769 g/mol. The number of carbonyl (C=O) groups excluding carboxylic acids is 3. The van der Waals surface area contributed by atoms with Crippen molar-refractivity contribution in [1.82, 2.24) is 30.0 Å². The lowest BCUT2D eigenvalue weighted by Gasteiger charge is -2.35. The molecule has 1 unspecified atom stereocenters. The van der Waals surface area contributed by atoms with Gasteiger partial charge in [0, 0.05) is 74.7 Å². The van der Waals surface area contributed by atoms with Gasteiger partial charge in [0.15, 0.2) is 5.82 Å². The van der Waals surface area contributed by atoms with Gasteiger partial charge in [-0.25, -0.2) is 13.8 Å². The van der Waals surface area contributed by atoms with Gasteiger partial charge in [0.2, 0.25) is 11.8 Å². The maximum absolute atomic E-state index is 14.0. The first kappa shape index (κ1) is 38.9. The molecule has 60 heavy (non-hydrogen) atoms. The molecule has 15 heteroatoms. The van der Waals surface area contributed by atoms with Gasteiger partial charge in [-0.2, -0.15) is 5.10 Å². The molecule has 1 atom stereocenters. The number of imide groups is 1. The lowest BCUT2D eigenvalue weighted by Crippen LogP contribution is -2.46. The summed E-state index contributed by atoms with van der Waals surface area (Å²) in [6, 6.07) is 20.3. The number of para-hydroxylation sites is 1. The number of hydrogen-bond donors (Lipinski definition) is 4. The van der Waals surface area contributed by atoms with E-state index < -0.39 is 17.7 Å². The van der Waals surface area contributed by atoms with E-state index in [0.717, 1.165) is 84.1 Å². The van der Waals surface area contributed by atoms with Crippen LogP contribution in [0.1, 0.15) is 58.8 Å². The Hall–Kier alpha value is -6.63. The van der Waals surface area contributed by atoms with Crippen LogP contribution < -0.4 is 20.9 Å². The monoisotopic (exact) mass is 811 g/mol. The van der Waals surface area contributed by atoms with E-state index in [1.807, 2.05) is 59.2 Å². The van der Waals surface area contributed by atoms with Gasteiger partial charge in [-0.05, 0) is 91.4 Å². The molecule has 13 nitrogen and oxygen atoms in total. The van der Waals surface area contributed by atoms with Crippen molar-refractivity contribution in [3.63, 3.8) is 0 Å². The average molecular weight is 812 g/mol. The van der Waals surface area contributed by atoms with Crippen LogP contribution in [0, 0.1) is 23.5 Å². The summed E-state index contributed by atoms with van der Waals surface area (Å²) in [7, 11) is 0. The number of amides is 3. The van der Waals surface area contributed by atoms with Gasteiger partial charge in [-0.3, -0.25) is 29.7 Å². The zero-order valence-electron chi connectivity index (χ0n) is 32.8. The number of hydrogen-bond acceptors (Lipinski definition) is 9. The van der Waals surface area contributed by atoms with Gasteiger partial charge >= 0.3 is 0 Å². The number of nitrogens with one attached hydrogen (secondary N) is 4. The molecule has 5 heterocycles. The molecule has 0 saturated carbocycles. The van der Waals surface area contributed by atoms with Gasteiger partial charge in [-0.1, -0.05) is 24.0 Å². The molecule has 0 spiro atoms. The number of anilines is 3. The summed E-state index contributed by atoms with van der Waals surface area (Å²) < 4.78 is 35.2. The number of fused-ring (bicyclic) bond motifs is 2. The molecule has 0 aliphatic carbocycles. The van der Waals surface area contributed by atoms with Crippen LogP contribution >= 0.6 is 0 Å². The fourth-order valence-corrected chi connectivity index (χ4v) is 8.26. The first-order valence-corrected chi connectivity index (χ1v) is 20.2. The number of rotatable bonds is 9. The fraction of sp³-hybridized carbons (Fsp3) is 0.311. The third-order valence-corrected chi connectivity index (χ3v) is 11.4. The normalized spacial score (nSPS) is 17.7. The number of nitrogens with zero attached hydrogens (tertiary/aromatic N) is 5. The van der Waals surface area contributed by atoms with Gasteiger partial charge < -0.3 is 24.8 Å². The van der Waals surface area contributed by atoms with E-state index in [-0.39, 0.29) is 23.8 Å². The molecule has 306 valence electrons. The van der Waals surface area contributed by atoms with Crippen molar-refractivity contribution in [2.45, 2.75) is 44.2 Å². The van der Waals surface area contributed by atoms with Crippen molar-refractivity contribution in [2.24, 2.45) is 0 Å². The van der Waals surface area contributed by atoms with Crippen LogP contribution in [0.2, 0.25) is 0 Å². The fourth-order valence-electron chi connectivity index (χ4n) is 8.26. The summed E-state index contributed by atoms with van der Waals surface area (Å²) in [4.78, 5) is 47.4. The Labute approximate surface area is 344 Å². The zero-order valence-corrected chi connectivity index (χ0v) is 32.8. The Kier molecular flexibility index (Phi) is 11.0. The Morgan fingerprint density at radius 1 is 0.917 bits per heavy atom. The van der Waals surface area contributed by atoms with Crippen molar-refractivity contribution < 1.29 is 27.9 Å². The highest BCUT2D eigenvalue weighted by molar-refractivity contribution is 6.11. The standard InChI is InChI=1S/C45H43F2N9O4/c46-31-22-29(23-32(47)25-31)21-28-6-9-37-36(24-28)43(53-52-37)51-44(58)35-8-7-34(26-38(35)49-33-12-19-60-20-13-33)55-17-15-54(16-18-55)14-2-4-30-3-1-5-39-42(30)48-27-56(39)40-10-11-41(57)50-45(40)59/h1,3,5-9,22-27,33,40,49H,10-21H2,(H,50,57,59)(H2,51,52,53,58). The minimum Gasteiger partial charge on any atom is -0.381 e. The first-order chi connectivity index (χ1) is 29.2. The van der Waals surface area contributed by atoms with E-state index in [4.69, 9.17) is 4.74 Å². The Morgan fingerprint density at radius 2 is 1.73 bits per heavy atom. The molecule has 3 aliphatic heterocycles. The van der Waals surface area contributed by atoms with Gasteiger partial charge in [0.1, 0.15) is 23.2 Å². The number of halogens is 2. The third kappa shape index (κ3) is 8.43. The second-order valence-electron chi connectivity index (χ2n) is 15.5. The Morgan fingerprint density at radius 3 is 2.53 bits per heavy atom. The summed E-state index contributed by atoms with van der Waals surface area (Å²) in [5.41, 5.74) is 6.58. The van der Waals surface area contributed by atoms with Crippen LogP contribution in [0.4, 0.5) is 26.0 Å².